The van der Waals surface area contributed by atoms with Crippen molar-refractivity contribution in [1.29, 1.82) is 0 Å². The van der Waals surface area contributed by atoms with Crippen LogP contribution in [-0.2, 0) is 7.05 Å². The molecule has 1 aromatic carbocycles. The average Bonchev–Trinajstić information content (AvgIpc) is 3.15. The number of hydrogen-bond acceptors (Lipinski definition) is 6. The Hall–Kier alpha value is -3.32. The van der Waals surface area contributed by atoms with Gasteiger partial charge in [-0.1, -0.05) is 17.3 Å². The molecule has 4 aromatic rings. The number of anilines is 1. The second-order valence-corrected chi connectivity index (χ2v) is 7.41. The summed E-state index contributed by atoms with van der Waals surface area (Å²) in [4.78, 5) is 11.7. The quantitative estimate of drug-likeness (QED) is 0.585. The molecule has 5 rings (SSSR count). The number of nitrogens with one attached hydrogen (secondary N) is 1. The van der Waals surface area contributed by atoms with Crippen LogP contribution in [0.5, 0.6) is 0 Å². The van der Waals surface area contributed by atoms with Crippen LogP contribution in [0.1, 0.15) is 5.69 Å². The maximum absolute atomic E-state index is 4.68. The first-order valence-electron chi connectivity index (χ1n) is 9.88. The number of aryl methyl sites for hydroxylation is 2. The van der Waals surface area contributed by atoms with E-state index in [1.807, 2.05) is 43.0 Å². The molecule has 7 heteroatoms. The van der Waals surface area contributed by atoms with Gasteiger partial charge in [-0.15, -0.1) is 5.10 Å². The van der Waals surface area contributed by atoms with Crippen LogP contribution in [0.25, 0.3) is 33.5 Å². The Morgan fingerprint density at radius 1 is 1.03 bits per heavy atom. The molecule has 4 heterocycles. The Kier molecular flexibility index (Phi) is 4.44. The molecular formula is C22H23N7. The van der Waals surface area contributed by atoms with E-state index in [2.05, 4.69) is 54.8 Å². The molecule has 1 saturated heterocycles. The van der Waals surface area contributed by atoms with Crippen LogP contribution in [0, 0.1) is 6.92 Å². The summed E-state index contributed by atoms with van der Waals surface area (Å²) in [5, 5.41) is 13.2. The zero-order valence-corrected chi connectivity index (χ0v) is 16.6. The topological polar surface area (TPSA) is 71.8 Å². The molecule has 0 aliphatic carbocycles. The first kappa shape index (κ1) is 17.8. The van der Waals surface area contributed by atoms with E-state index in [0.29, 0.717) is 0 Å². The van der Waals surface area contributed by atoms with Crippen molar-refractivity contribution in [2.24, 2.45) is 7.05 Å². The van der Waals surface area contributed by atoms with Crippen molar-refractivity contribution in [3.05, 3.63) is 54.4 Å². The van der Waals surface area contributed by atoms with Gasteiger partial charge in [-0.05, 0) is 37.3 Å². The number of pyridine rings is 2. The van der Waals surface area contributed by atoms with Crippen molar-refractivity contribution in [1.82, 2.24) is 30.3 Å². The number of benzene rings is 1. The standard InChI is InChI=1S/C22H23N7/c1-15-4-3-5-20(25-15)21-22(28(2)27-26-21)16-6-7-19-17(12-16)13-18(14-24-19)29-10-8-23-9-11-29/h3-7,12-14,23H,8-11H2,1-2H3. The lowest BCUT2D eigenvalue weighted by molar-refractivity contribution is 0.589. The second kappa shape index (κ2) is 7.25. The fourth-order valence-electron chi connectivity index (χ4n) is 3.89. The molecule has 1 N–H and O–H groups in total. The number of nitrogens with zero attached hydrogens (tertiary/aromatic N) is 6. The van der Waals surface area contributed by atoms with Crippen LogP contribution in [0.4, 0.5) is 5.69 Å². The molecular weight excluding hydrogens is 362 g/mol. The van der Waals surface area contributed by atoms with Crippen LogP contribution in [-0.4, -0.2) is 51.1 Å². The molecule has 1 aliphatic rings. The van der Waals surface area contributed by atoms with Gasteiger partial charge in [0.1, 0.15) is 5.69 Å². The molecule has 0 spiro atoms. The van der Waals surface area contributed by atoms with Crippen LogP contribution in [0.15, 0.2) is 48.7 Å². The molecule has 7 nitrogen and oxygen atoms in total. The Morgan fingerprint density at radius 2 is 1.90 bits per heavy atom. The highest BCUT2D eigenvalue weighted by molar-refractivity contribution is 5.88. The van der Waals surface area contributed by atoms with E-state index in [-0.39, 0.29) is 0 Å². The van der Waals surface area contributed by atoms with Crippen molar-refractivity contribution in [3.8, 4) is 22.6 Å². The van der Waals surface area contributed by atoms with Gasteiger partial charge >= 0.3 is 0 Å². The Morgan fingerprint density at radius 3 is 2.72 bits per heavy atom. The van der Waals surface area contributed by atoms with Crippen molar-refractivity contribution in [2.45, 2.75) is 6.92 Å². The van der Waals surface area contributed by atoms with Gasteiger partial charge in [-0.2, -0.15) is 0 Å². The van der Waals surface area contributed by atoms with E-state index >= 15 is 0 Å². The zero-order valence-electron chi connectivity index (χ0n) is 16.6. The monoisotopic (exact) mass is 385 g/mol. The van der Waals surface area contributed by atoms with E-state index < -0.39 is 0 Å². The molecule has 0 atom stereocenters. The summed E-state index contributed by atoms with van der Waals surface area (Å²) in [6.45, 7) is 6.00. The van der Waals surface area contributed by atoms with Crippen LogP contribution in [0.3, 0.4) is 0 Å². The summed E-state index contributed by atoms with van der Waals surface area (Å²) in [5.41, 5.74) is 6.75. The van der Waals surface area contributed by atoms with E-state index in [9.17, 15) is 0 Å². The molecule has 146 valence electrons. The highest BCUT2D eigenvalue weighted by Gasteiger charge is 2.17. The summed E-state index contributed by atoms with van der Waals surface area (Å²) in [6, 6.07) is 14.5. The maximum Gasteiger partial charge on any atom is 0.139 e. The first-order chi connectivity index (χ1) is 14.2. The minimum absolute atomic E-state index is 0.793. The first-order valence-corrected chi connectivity index (χ1v) is 9.88. The third-order valence-electron chi connectivity index (χ3n) is 5.38. The van der Waals surface area contributed by atoms with Gasteiger partial charge in [0.2, 0.25) is 0 Å². The van der Waals surface area contributed by atoms with E-state index in [4.69, 9.17) is 0 Å². The molecule has 1 aliphatic heterocycles. The number of aromatic nitrogens is 5. The Bertz CT molecular complexity index is 1170. The van der Waals surface area contributed by atoms with Gasteiger partial charge in [0.05, 0.1) is 28.8 Å². The summed E-state index contributed by atoms with van der Waals surface area (Å²) in [6.07, 6.45) is 1.97. The lowest BCUT2D eigenvalue weighted by atomic mass is 10.0. The van der Waals surface area contributed by atoms with Crippen molar-refractivity contribution in [2.75, 3.05) is 31.1 Å². The van der Waals surface area contributed by atoms with Crippen molar-refractivity contribution < 1.29 is 0 Å². The summed E-state index contributed by atoms with van der Waals surface area (Å²) < 4.78 is 1.81. The van der Waals surface area contributed by atoms with Crippen LogP contribution < -0.4 is 10.2 Å². The molecule has 0 bridgehead atoms. The molecule has 3 aromatic heterocycles. The average molecular weight is 385 g/mol. The number of rotatable bonds is 3. The zero-order chi connectivity index (χ0) is 19.8. The number of hydrogen-bond donors (Lipinski definition) is 1. The molecule has 1 fully saturated rings. The van der Waals surface area contributed by atoms with Crippen molar-refractivity contribution in [3.63, 3.8) is 0 Å². The minimum Gasteiger partial charge on any atom is -0.368 e. The largest absolute Gasteiger partial charge is 0.368 e. The summed E-state index contributed by atoms with van der Waals surface area (Å²) in [5.74, 6) is 0. The highest BCUT2D eigenvalue weighted by Crippen LogP contribution is 2.31. The van der Waals surface area contributed by atoms with Gasteiger partial charge in [0, 0.05) is 49.9 Å². The predicted molar refractivity (Wildman–Crippen MR) is 115 cm³/mol. The molecule has 29 heavy (non-hydrogen) atoms. The lowest BCUT2D eigenvalue weighted by Gasteiger charge is -2.29. The third kappa shape index (κ3) is 3.34. The molecule has 0 amide bonds. The molecule has 0 saturated carbocycles. The normalized spacial score (nSPS) is 14.5. The second-order valence-electron chi connectivity index (χ2n) is 7.41. The van der Waals surface area contributed by atoms with E-state index in [1.165, 1.54) is 5.69 Å². The molecule has 0 radical (unpaired) electrons. The predicted octanol–water partition coefficient (Wildman–Crippen LogP) is 2.81. The lowest BCUT2D eigenvalue weighted by Crippen LogP contribution is -2.43. The van der Waals surface area contributed by atoms with Crippen molar-refractivity contribution >= 4 is 16.6 Å². The van der Waals surface area contributed by atoms with E-state index in [1.54, 1.807) is 0 Å². The van der Waals surface area contributed by atoms with Gasteiger partial charge in [0.25, 0.3) is 0 Å². The number of piperazine rings is 1. The Balaban J connectivity index is 1.59. The SMILES string of the molecule is Cc1cccc(-c2nnn(C)c2-c2ccc3ncc(N4CCNCC4)cc3c2)n1. The minimum atomic E-state index is 0.793. The Labute approximate surface area is 169 Å². The van der Waals surface area contributed by atoms with Crippen LogP contribution in [0.2, 0.25) is 0 Å². The van der Waals surface area contributed by atoms with Gasteiger partial charge < -0.3 is 10.2 Å². The fraction of sp³-hybridized carbons (Fsp3) is 0.273. The summed E-state index contributed by atoms with van der Waals surface area (Å²) >= 11 is 0. The van der Waals surface area contributed by atoms with Crippen LogP contribution >= 0.6 is 0 Å². The number of fused-ring (bicyclic) bond motifs is 1. The highest BCUT2D eigenvalue weighted by atomic mass is 15.4. The smallest absolute Gasteiger partial charge is 0.139 e. The molecule has 0 unspecified atom stereocenters. The third-order valence-corrected chi connectivity index (χ3v) is 5.38. The van der Waals surface area contributed by atoms with Gasteiger partial charge in [-0.25, -0.2) is 4.68 Å². The summed E-state index contributed by atoms with van der Waals surface area (Å²) in [7, 11) is 1.92. The fourth-order valence-corrected chi connectivity index (χ4v) is 3.89. The van der Waals surface area contributed by atoms with E-state index in [0.717, 1.165) is 65.4 Å². The van der Waals surface area contributed by atoms with Gasteiger partial charge in [0.15, 0.2) is 0 Å². The maximum atomic E-state index is 4.68. The van der Waals surface area contributed by atoms with Gasteiger partial charge in [-0.3, -0.25) is 9.97 Å².